The fraction of sp³-hybridized carbons (Fsp3) is 0.304. The summed E-state index contributed by atoms with van der Waals surface area (Å²) in [6.45, 7) is 4.07. The fourth-order valence-electron chi connectivity index (χ4n) is 3.38. The molecule has 0 saturated heterocycles. The number of imidazole rings is 1. The Labute approximate surface area is 179 Å². The zero-order chi connectivity index (χ0) is 22.8. The van der Waals surface area contributed by atoms with Gasteiger partial charge in [0.1, 0.15) is 0 Å². The number of aromatic nitrogens is 2. The highest BCUT2D eigenvalue weighted by Gasteiger charge is 2.32. The van der Waals surface area contributed by atoms with E-state index in [1.165, 1.54) is 6.07 Å². The lowest BCUT2D eigenvalue weighted by molar-refractivity contribution is -0.137. The van der Waals surface area contributed by atoms with Crippen LogP contribution in [0.15, 0.2) is 55.1 Å². The Kier molecular flexibility index (Phi) is 6.50. The molecule has 8 heteroatoms. The van der Waals surface area contributed by atoms with Crippen molar-refractivity contribution in [1.29, 1.82) is 0 Å². The Morgan fingerprint density at radius 2 is 1.94 bits per heavy atom. The van der Waals surface area contributed by atoms with E-state index in [4.69, 9.17) is 0 Å². The van der Waals surface area contributed by atoms with Gasteiger partial charge in [-0.05, 0) is 68.9 Å². The van der Waals surface area contributed by atoms with Crippen LogP contribution in [-0.4, -0.2) is 34.5 Å². The summed E-state index contributed by atoms with van der Waals surface area (Å²) < 4.78 is 41.9. The number of aryl methyl sites for hydroxylation is 1. The van der Waals surface area contributed by atoms with Gasteiger partial charge in [-0.15, -0.1) is 0 Å². The average molecular weight is 430 g/mol. The second-order valence-electron chi connectivity index (χ2n) is 7.87. The molecule has 0 aliphatic heterocycles. The predicted molar refractivity (Wildman–Crippen MR) is 113 cm³/mol. The van der Waals surface area contributed by atoms with Crippen LogP contribution >= 0.6 is 0 Å². The number of hydrogen-bond acceptors (Lipinski definition) is 3. The molecule has 1 aromatic heterocycles. The Hall–Kier alpha value is -3.13. The van der Waals surface area contributed by atoms with E-state index in [0.717, 1.165) is 28.9 Å². The third-order valence-corrected chi connectivity index (χ3v) is 4.94. The van der Waals surface area contributed by atoms with Gasteiger partial charge in [0, 0.05) is 30.2 Å². The van der Waals surface area contributed by atoms with E-state index in [1.807, 2.05) is 35.9 Å². The smallest absolute Gasteiger partial charge is 0.346 e. The molecule has 3 aromatic rings. The minimum Gasteiger partial charge on any atom is -0.346 e. The monoisotopic (exact) mass is 430 g/mol. The van der Waals surface area contributed by atoms with Gasteiger partial charge < -0.3 is 14.8 Å². The topological polar surface area (TPSA) is 50.2 Å². The van der Waals surface area contributed by atoms with Crippen molar-refractivity contribution in [2.45, 2.75) is 32.6 Å². The maximum Gasteiger partial charge on any atom is 0.416 e. The third-order valence-electron chi connectivity index (χ3n) is 4.94. The minimum absolute atomic E-state index is 0.0135. The van der Waals surface area contributed by atoms with Crippen LogP contribution in [-0.2, 0) is 12.7 Å². The molecule has 31 heavy (non-hydrogen) atoms. The van der Waals surface area contributed by atoms with Gasteiger partial charge in [0.05, 0.1) is 17.9 Å². The van der Waals surface area contributed by atoms with Crippen LogP contribution in [0.2, 0.25) is 0 Å². The maximum atomic E-state index is 13.3. The number of hydrogen-bond donors (Lipinski definition) is 1. The molecule has 1 atom stereocenters. The molecule has 0 spiro atoms. The molecular formula is C23H25F3N4O. The molecular weight excluding hydrogens is 405 g/mol. The lowest BCUT2D eigenvalue weighted by Gasteiger charge is -2.19. The van der Waals surface area contributed by atoms with E-state index in [1.54, 1.807) is 38.4 Å². The van der Waals surface area contributed by atoms with E-state index < -0.39 is 23.7 Å². The van der Waals surface area contributed by atoms with Crippen molar-refractivity contribution in [1.82, 2.24) is 19.8 Å². The van der Waals surface area contributed by atoms with Gasteiger partial charge in [-0.3, -0.25) is 4.79 Å². The van der Waals surface area contributed by atoms with Crippen LogP contribution in [0, 0.1) is 6.92 Å². The number of alkyl halides is 3. The molecule has 0 aliphatic carbocycles. The van der Waals surface area contributed by atoms with Crippen molar-refractivity contribution >= 4 is 5.91 Å². The number of amides is 1. The Bertz CT molecular complexity index is 1060. The molecule has 1 N–H and O–H groups in total. The number of halogens is 3. The first kappa shape index (κ1) is 22.6. The molecule has 0 fully saturated rings. The standard InChI is InChI=1S/C23H25F3N4O/c1-15-5-6-18(12-21(15)30-8-7-27-14-30)16(2)28-22(31)19-9-17(13-29(3)4)10-20(11-19)23(24,25)26/h5-12,14,16H,13H2,1-4H3,(H,28,31)/t16-/m0/s1. The highest BCUT2D eigenvalue weighted by atomic mass is 19.4. The van der Waals surface area contributed by atoms with E-state index in [0.29, 0.717) is 12.1 Å². The Balaban J connectivity index is 1.86. The van der Waals surface area contributed by atoms with Crippen molar-refractivity contribution in [2.24, 2.45) is 0 Å². The zero-order valence-corrected chi connectivity index (χ0v) is 17.9. The molecule has 1 heterocycles. The summed E-state index contributed by atoms with van der Waals surface area (Å²) in [5.41, 5.74) is 2.37. The number of nitrogens with one attached hydrogen (secondary N) is 1. The summed E-state index contributed by atoms with van der Waals surface area (Å²) in [5, 5.41) is 2.82. The number of benzene rings is 2. The van der Waals surface area contributed by atoms with Gasteiger partial charge in [0.2, 0.25) is 0 Å². The van der Waals surface area contributed by atoms with Gasteiger partial charge in [-0.1, -0.05) is 12.1 Å². The average Bonchev–Trinajstić information content (AvgIpc) is 3.21. The second kappa shape index (κ2) is 8.93. The lowest BCUT2D eigenvalue weighted by atomic mass is 10.0. The Morgan fingerprint density at radius 1 is 1.19 bits per heavy atom. The molecule has 2 aromatic carbocycles. The van der Waals surface area contributed by atoms with E-state index in [2.05, 4.69) is 10.3 Å². The Morgan fingerprint density at radius 3 is 2.55 bits per heavy atom. The summed E-state index contributed by atoms with van der Waals surface area (Å²) in [4.78, 5) is 18.6. The maximum absolute atomic E-state index is 13.3. The van der Waals surface area contributed by atoms with Gasteiger partial charge in [-0.25, -0.2) is 4.98 Å². The van der Waals surface area contributed by atoms with Gasteiger partial charge >= 0.3 is 6.18 Å². The minimum atomic E-state index is -4.53. The molecule has 5 nitrogen and oxygen atoms in total. The number of rotatable bonds is 6. The van der Waals surface area contributed by atoms with E-state index >= 15 is 0 Å². The summed E-state index contributed by atoms with van der Waals surface area (Å²) in [5.74, 6) is -0.552. The number of carbonyl (C=O) groups is 1. The van der Waals surface area contributed by atoms with Crippen molar-refractivity contribution < 1.29 is 18.0 Å². The first-order valence-electron chi connectivity index (χ1n) is 9.80. The molecule has 3 rings (SSSR count). The normalized spacial score (nSPS) is 12.8. The molecule has 0 unspecified atom stereocenters. The molecule has 164 valence electrons. The molecule has 0 saturated carbocycles. The van der Waals surface area contributed by atoms with Gasteiger partial charge in [0.25, 0.3) is 5.91 Å². The van der Waals surface area contributed by atoms with Gasteiger partial charge in [-0.2, -0.15) is 13.2 Å². The summed E-state index contributed by atoms with van der Waals surface area (Å²) in [6.07, 6.45) is 0.657. The lowest BCUT2D eigenvalue weighted by Crippen LogP contribution is -2.27. The van der Waals surface area contributed by atoms with Crippen LogP contribution < -0.4 is 5.32 Å². The summed E-state index contributed by atoms with van der Waals surface area (Å²) >= 11 is 0. The molecule has 0 bridgehead atoms. The van der Waals surface area contributed by atoms with Crippen LogP contribution in [0.1, 0.15) is 45.6 Å². The third kappa shape index (κ3) is 5.52. The SMILES string of the molecule is Cc1ccc([C@H](C)NC(=O)c2cc(CN(C)C)cc(C(F)(F)F)c2)cc1-n1ccnc1. The number of nitrogens with zero attached hydrogens (tertiary/aromatic N) is 3. The van der Waals surface area contributed by atoms with Crippen molar-refractivity contribution in [3.63, 3.8) is 0 Å². The fourth-order valence-corrected chi connectivity index (χ4v) is 3.38. The second-order valence-corrected chi connectivity index (χ2v) is 7.87. The van der Waals surface area contributed by atoms with E-state index in [9.17, 15) is 18.0 Å². The first-order chi connectivity index (χ1) is 14.5. The first-order valence-corrected chi connectivity index (χ1v) is 9.80. The summed E-state index contributed by atoms with van der Waals surface area (Å²) in [7, 11) is 3.52. The van der Waals surface area contributed by atoms with Gasteiger partial charge in [0.15, 0.2) is 0 Å². The molecule has 1 amide bonds. The summed E-state index contributed by atoms with van der Waals surface area (Å²) in [6, 6.07) is 8.85. The largest absolute Gasteiger partial charge is 0.416 e. The van der Waals surface area contributed by atoms with Crippen LogP contribution in [0.25, 0.3) is 5.69 Å². The zero-order valence-electron chi connectivity index (χ0n) is 17.9. The van der Waals surface area contributed by atoms with Crippen LogP contribution in [0.5, 0.6) is 0 Å². The highest BCUT2D eigenvalue weighted by molar-refractivity contribution is 5.95. The number of carbonyl (C=O) groups excluding carboxylic acids is 1. The van der Waals surface area contributed by atoms with E-state index in [-0.39, 0.29) is 5.56 Å². The molecule has 0 aliphatic rings. The van der Waals surface area contributed by atoms with Crippen molar-refractivity contribution in [3.05, 3.63) is 82.9 Å². The van der Waals surface area contributed by atoms with Crippen LogP contribution in [0.3, 0.4) is 0 Å². The predicted octanol–water partition coefficient (Wildman–Crippen LogP) is 4.75. The molecule has 0 radical (unpaired) electrons. The van der Waals surface area contributed by atoms with Crippen LogP contribution in [0.4, 0.5) is 13.2 Å². The highest BCUT2D eigenvalue weighted by Crippen LogP contribution is 2.31. The van der Waals surface area contributed by atoms with Crippen molar-refractivity contribution in [2.75, 3.05) is 14.1 Å². The quantitative estimate of drug-likeness (QED) is 0.614. The van der Waals surface area contributed by atoms with Crippen molar-refractivity contribution in [3.8, 4) is 5.69 Å².